The number of piperazine rings is 1. The van der Waals surface area contributed by atoms with E-state index >= 15 is 0 Å². The number of halogens is 1. The number of hydrogen-bond donors (Lipinski definition) is 2. The molecule has 3 aliphatic rings. The summed E-state index contributed by atoms with van der Waals surface area (Å²) in [6.45, 7) is 8.95. The Morgan fingerprint density at radius 3 is 2.36 bits per heavy atom. The largest absolute Gasteiger partial charge is 0.433 e. The van der Waals surface area contributed by atoms with Crippen molar-refractivity contribution >= 4 is 52.3 Å². The van der Waals surface area contributed by atoms with Crippen molar-refractivity contribution in [2.45, 2.75) is 32.9 Å². The van der Waals surface area contributed by atoms with Gasteiger partial charge in [0.25, 0.3) is 5.91 Å². The Balaban J connectivity index is 0.000000176. The number of nitrogens with one attached hydrogen (secondary N) is 1. The Kier molecular flexibility index (Phi) is 10.4. The van der Waals surface area contributed by atoms with E-state index in [1.54, 1.807) is 20.8 Å². The van der Waals surface area contributed by atoms with Crippen molar-refractivity contribution in [2.75, 3.05) is 52.2 Å². The molecular weight excluding hydrogens is 604 g/mol. The maximum atomic E-state index is 11.0. The van der Waals surface area contributed by atoms with Crippen molar-refractivity contribution in [3.63, 3.8) is 0 Å². The van der Waals surface area contributed by atoms with Crippen LogP contribution in [0.1, 0.15) is 25.2 Å². The smallest absolute Gasteiger partial charge is 0.417 e. The number of ether oxygens (including phenoxy) is 1. The van der Waals surface area contributed by atoms with Gasteiger partial charge in [0.2, 0.25) is 0 Å². The third-order valence-corrected chi connectivity index (χ3v) is 7.64. The van der Waals surface area contributed by atoms with Gasteiger partial charge in [0.15, 0.2) is 11.4 Å². The number of hydrogen-bond acceptors (Lipinski definition) is 11. The molecule has 4 heterocycles. The number of aliphatic imine (C=N–C) groups is 1. The van der Waals surface area contributed by atoms with Gasteiger partial charge in [-0.25, -0.2) is 24.2 Å². The Labute approximate surface area is 266 Å². The molecule has 0 spiro atoms. The number of aliphatic hydroxyl groups excluding tert-OH is 1. The summed E-state index contributed by atoms with van der Waals surface area (Å²) in [5.74, 6) is 1.19. The fraction of sp³-hybridized carbons (Fsp3) is 0.400. The maximum absolute atomic E-state index is 11.0. The number of nitrogens with zero attached hydrogens (tertiary/aromatic N) is 7. The minimum Gasteiger partial charge on any atom is -0.433 e. The fourth-order valence-corrected chi connectivity index (χ4v) is 5.03. The highest BCUT2D eigenvalue weighted by Gasteiger charge is 2.44. The molecule has 2 fully saturated rings. The van der Waals surface area contributed by atoms with Gasteiger partial charge < -0.3 is 35.1 Å². The Morgan fingerprint density at radius 1 is 1.09 bits per heavy atom. The summed E-state index contributed by atoms with van der Waals surface area (Å²) in [6, 6.07) is 14.2. The summed E-state index contributed by atoms with van der Waals surface area (Å²) in [6.07, 6.45) is 0.611. The average Bonchev–Trinajstić information content (AvgIpc) is 3.38. The van der Waals surface area contributed by atoms with Gasteiger partial charge in [0.05, 0.1) is 18.0 Å². The van der Waals surface area contributed by atoms with Gasteiger partial charge in [-0.2, -0.15) is 0 Å². The summed E-state index contributed by atoms with van der Waals surface area (Å²) < 4.78 is 6.07. The lowest BCUT2D eigenvalue weighted by atomic mass is 10.1. The van der Waals surface area contributed by atoms with Crippen LogP contribution in [-0.4, -0.2) is 105 Å². The first-order valence-electron chi connectivity index (χ1n) is 14.3. The summed E-state index contributed by atoms with van der Waals surface area (Å²) in [4.78, 5) is 46.0. The van der Waals surface area contributed by atoms with Crippen molar-refractivity contribution in [3.05, 3.63) is 75.2 Å². The second-order valence-electron chi connectivity index (χ2n) is 11.1. The number of amides is 2. The number of amidine groups is 1. The summed E-state index contributed by atoms with van der Waals surface area (Å²) in [7, 11) is 3.57. The molecule has 0 saturated carbocycles. The molecule has 2 amide bonds. The topological polar surface area (TPSA) is 159 Å². The van der Waals surface area contributed by atoms with E-state index in [2.05, 4.69) is 45.3 Å². The van der Waals surface area contributed by atoms with Gasteiger partial charge in [-0.15, -0.1) is 0 Å². The number of cyclic esters (lactones) is 1. The third kappa shape index (κ3) is 7.77. The number of aryl methyl sites for hydroxylation is 1. The summed E-state index contributed by atoms with van der Waals surface area (Å²) in [5, 5.41) is 23.2. The van der Waals surface area contributed by atoms with E-state index in [0.717, 1.165) is 59.5 Å². The summed E-state index contributed by atoms with van der Waals surface area (Å²) in [5.41, 5.74) is 3.15. The molecule has 2 N–H and O–H groups in total. The van der Waals surface area contributed by atoms with Gasteiger partial charge in [0.1, 0.15) is 18.6 Å². The second kappa shape index (κ2) is 14.1. The summed E-state index contributed by atoms with van der Waals surface area (Å²) >= 11 is 6.18. The van der Waals surface area contributed by atoms with Gasteiger partial charge in [-0.3, -0.25) is 4.79 Å². The molecule has 3 aliphatic heterocycles. The molecule has 45 heavy (non-hydrogen) atoms. The molecule has 6 rings (SSSR count). The van der Waals surface area contributed by atoms with E-state index in [4.69, 9.17) is 26.4 Å². The van der Waals surface area contributed by atoms with Crippen LogP contribution in [0.25, 0.3) is 0 Å². The van der Waals surface area contributed by atoms with Crippen LogP contribution in [0.15, 0.2) is 53.7 Å². The second-order valence-corrected chi connectivity index (χ2v) is 11.5. The number of nitro groups is 1. The van der Waals surface area contributed by atoms with Crippen LogP contribution in [0.2, 0.25) is 5.02 Å². The maximum Gasteiger partial charge on any atom is 0.417 e. The molecule has 0 unspecified atom stereocenters. The normalized spacial score (nSPS) is 16.9. The molecule has 2 saturated heterocycles. The van der Waals surface area contributed by atoms with Crippen molar-refractivity contribution in [2.24, 2.45) is 4.99 Å². The number of anilines is 2. The lowest BCUT2D eigenvalue weighted by molar-refractivity contribution is -0.392. The number of aromatic nitrogens is 2. The number of rotatable bonds is 3. The van der Waals surface area contributed by atoms with E-state index < -0.39 is 16.6 Å². The first-order chi connectivity index (χ1) is 21.3. The van der Waals surface area contributed by atoms with E-state index in [-0.39, 0.29) is 24.9 Å². The molecule has 0 bridgehead atoms. The van der Waals surface area contributed by atoms with Gasteiger partial charge in [-0.1, -0.05) is 23.7 Å². The first kappa shape index (κ1) is 33.4. The van der Waals surface area contributed by atoms with Gasteiger partial charge in [-0.05, 0) is 56.2 Å². The zero-order valence-corrected chi connectivity index (χ0v) is 26.6. The molecule has 240 valence electrons. The predicted octanol–water partition coefficient (Wildman–Crippen LogP) is 4.19. The standard InChI is InChI=1S/C18H19ClN4.C6H9N3O3.C6H9NO3/c1-22-8-10-23(11-9-22)18-14-4-2-3-5-15(14)20-16-7-6-13(19)12-17(16)21-18;1-5-7-4-6(9(11)12)8(5)2-3-10;1-6(2)4(8)7(3)5(9)10-6/h2-7,12,20H,8-11H2,1H3;4,10H,2-3H2,1H3;1-3H3. The van der Waals surface area contributed by atoms with Crippen molar-refractivity contribution in [3.8, 4) is 0 Å². The molecule has 1 aromatic heterocycles. The number of likely N-dealkylation sites (N-methyl/N-ethyl adjacent to an activating group) is 2. The van der Waals surface area contributed by atoms with Crippen LogP contribution in [-0.2, 0) is 16.1 Å². The number of carbonyl (C=O) groups is 2. The minimum atomic E-state index is -0.966. The van der Waals surface area contributed by atoms with Crippen LogP contribution < -0.4 is 5.32 Å². The first-order valence-corrected chi connectivity index (χ1v) is 14.7. The molecule has 2 aromatic carbocycles. The zero-order chi connectivity index (χ0) is 32.9. The predicted molar refractivity (Wildman–Crippen MR) is 170 cm³/mol. The number of para-hydroxylation sites is 1. The number of imide groups is 1. The molecule has 14 nitrogen and oxygen atoms in total. The molecule has 0 radical (unpaired) electrons. The highest BCUT2D eigenvalue weighted by atomic mass is 35.5. The van der Waals surface area contributed by atoms with E-state index in [0.29, 0.717) is 10.8 Å². The number of fused-ring (bicyclic) bond motifs is 2. The van der Waals surface area contributed by atoms with Crippen molar-refractivity contribution < 1.29 is 24.4 Å². The monoisotopic (exact) mass is 640 g/mol. The fourth-order valence-electron chi connectivity index (χ4n) is 4.86. The van der Waals surface area contributed by atoms with Gasteiger partial charge in [0, 0.05) is 56.4 Å². The van der Waals surface area contributed by atoms with Crippen LogP contribution >= 0.6 is 11.6 Å². The zero-order valence-electron chi connectivity index (χ0n) is 25.9. The molecular formula is C30H37ClN8O6. The number of imidazole rings is 1. The number of aliphatic hydroxyl groups is 1. The van der Waals surface area contributed by atoms with E-state index in [1.165, 1.54) is 17.8 Å². The number of carbonyl (C=O) groups excluding carboxylic acids is 2. The van der Waals surface area contributed by atoms with E-state index in [1.807, 2.05) is 24.3 Å². The van der Waals surface area contributed by atoms with Crippen molar-refractivity contribution in [1.82, 2.24) is 24.3 Å². The third-order valence-electron chi connectivity index (χ3n) is 7.41. The Hall–Kier alpha value is -4.53. The van der Waals surface area contributed by atoms with Crippen LogP contribution in [0, 0.1) is 17.0 Å². The molecule has 3 aromatic rings. The SMILES string of the molecule is CN1C(=O)OC(C)(C)C1=O.CN1CCN(C2=Nc3cc(Cl)ccc3Nc3ccccc32)CC1.Cc1ncc([N+](=O)[O-])n1CCO. The van der Waals surface area contributed by atoms with Crippen LogP contribution in [0.3, 0.4) is 0 Å². The quantitative estimate of drug-likeness (QED) is 0.314. The highest BCUT2D eigenvalue weighted by molar-refractivity contribution is 6.31. The Morgan fingerprint density at radius 2 is 1.78 bits per heavy atom. The van der Waals surface area contributed by atoms with E-state index in [9.17, 15) is 19.7 Å². The molecule has 0 atom stereocenters. The Bertz CT molecular complexity index is 1600. The van der Waals surface area contributed by atoms with Crippen LogP contribution in [0.4, 0.5) is 27.7 Å². The van der Waals surface area contributed by atoms with Crippen molar-refractivity contribution in [1.29, 1.82) is 0 Å². The minimum absolute atomic E-state index is 0.0819. The molecule has 15 heteroatoms. The van der Waals surface area contributed by atoms with Crippen LogP contribution in [0.5, 0.6) is 0 Å². The lowest BCUT2D eigenvalue weighted by Gasteiger charge is -2.34. The molecule has 0 aliphatic carbocycles. The number of benzene rings is 2. The highest BCUT2D eigenvalue weighted by Crippen LogP contribution is 2.36. The average molecular weight is 641 g/mol. The van der Waals surface area contributed by atoms with Gasteiger partial charge >= 0.3 is 11.9 Å². The lowest BCUT2D eigenvalue weighted by Crippen LogP contribution is -2.47.